The number of aryl methyl sites for hydroxylation is 2. The Bertz CT molecular complexity index is 1310. The van der Waals surface area contributed by atoms with Gasteiger partial charge in [-0.25, -0.2) is 9.69 Å². The summed E-state index contributed by atoms with van der Waals surface area (Å²) in [5, 5.41) is 2.68. The van der Waals surface area contributed by atoms with Gasteiger partial charge in [0.2, 0.25) is 0 Å². The molecule has 35 heavy (non-hydrogen) atoms. The average molecular weight is 491 g/mol. The van der Waals surface area contributed by atoms with Crippen LogP contribution in [0.25, 0.3) is 0 Å². The highest BCUT2D eigenvalue weighted by atomic mass is 35.5. The molecule has 1 aliphatic heterocycles. The Hall–Kier alpha value is -4.10. The molecule has 3 aromatic rings. The van der Waals surface area contributed by atoms with E-state index in [0.29, 0.717) is 35.0 Å². The molecule has 1 aliphatic rings. The van der Waals surface area contributed by atoms with Crippen LogP contribution in [0.2, 0.25) is 0 Å². The number of amides is 2. The van der Waals surface area contributed by atoms with Crippen molar-refractivity contribution in [2.24, 2.45) is 0 Å². The van der Waals surface area contributed by atoms with Gasteiger partial charge in [-0.1, -0.05) is 29.8 Å². The van der Waals surface area contributed by atoms with Crippen LogP contribution in [-0.2, 0) is 9.59 Å². The summed E-state index contributed by atoms with van der Waals surface area (Å²) < 4.78 is 11.0. The lowest BCUT2D eigenvalue weighted by molar-refractivity contribution is -0.120. The standard InChI is InChI=1S/C27H23ClN2O5/c1-4-34-21-14-12-20(13-15-21)30-25(31)22(28)23(26(30)32)29-19-10-8-18(9-11-19)27(33)35-24-16(2)6-5-7-17(24)3/h5-15,29H,4H2,1-3H3. The number of para-hydroxylation sites is 1. The van der Waals surface area contributed by atoms with Gasteiger partial charge in [0.15, 0.2) is 0 Å². The van der Waals surface area contributed by atoms with Crippen molar-refractivity contribution in [3.63, 3.8) is 0 Å². The molecule has 0 atom stereocenters. The van der Waals surface area contributed by atoms with Crippen LogP contribution in [0.1, 0.15) is 28.4 Å². The van der Waals surface area contributed by atoms with Crippen LogP contribution in [0.3, 0.4) is 0 Å². The van der Waals surface area contributed by atoms with Crippen LogP contribution in [0, 0.1) is 13.8 Å². The van der Waals surface area contributed by atoms with Crippen molar-refractivity contribution in [2.75, 3.05) is 16.8 Å². The second kappa shape index (κ2) is 10.0. The highest BCUT2D eigenvalue weighted by Crippen LogP contribution is 2.31. The molecule has 3 aromatic carbocycles. The Morgan fingerprint density at radius 3 is 2.14 bits per heavy atom. The fourth-order valence-electron chi connectivity index (χ4n) is 3.65. The molecule has 0 aromatic heterocycles. The predicted molar refractivity (Wildman–Crippen MR) is 134 cm³/mol. The summed E-state index contributed by atoms with van der Waals surface area (Å²) in [7, 11) is 0. The molecule has 0 unspecified atom stereocenters. The van der Waals surface area contributed by atoms with Gasteiger partial charge in [-0.15, -0.1) is 0 Å². The fourth-order valence-corrected chi connectivity index (χ4v) is 3.86. The summed E-state index contributed by atoms with van der Waals surface area (Å²) in [5.74, 6) is -0.551. The number of carbonyl (C=O) groups excluding carboxylic acids is 3. The van der Waals surface area contributed by atoms with Crippen LogP contribution in [0.15, 0.2) is 77.5 Å². The number of nitrogens with one attached hydrogen (secondary N) is 1. The molecule has 1 N–H and O–H groups in total. The Labute approximate surface area is 207 Å². The van der Waals surface area contributed by atoms with E-state index in [4.69, 9.17) is 21.1 Å². The summed E-state index contributed by atoms with van der Waals surface area (Å²) in [5.41, 5.74) is 2.87. The molecule has 178 valence electrons. The van der Waals surface area contributed by atoms with Gasteiger partial charge in [0.25, 0.3) is 11.8 Å². The Kier molecular flexibility index (Phi) is 6.89. The third-order valence-electron chi connectivity index (χ3n) is 5.43. The molecule has 8 heteroatoms. The van der Waals surface area contributed by atoms with Gasteiger partial charge in [0, 0.05) is 5.69 Å². The molecule has 7 nitrogen and oxygen atoms in total. The second-order valence-corrected chi connectivity index (χ2v) is 8.25. The minimum absolute atomic E-state index is 0.0450. The van der Waals surface area contributed by atoms with Crippen LogP contribution in [0.5, 0.6) is 11.5 Å². The first-order valence-electron chi connectivity index (χ1n) is 11.0. The van der Waals surface area contributed by atoms with Crippen molar-refractivity contribution in [1.82, 2.24) is 0 Å². The van der Waals surface area contributed by atoms with E-state index in [9.17, 15) is 14.4 Å². The lowest BCUT2D eigenvalue weighted by Gasteiger charge is -2.15. The molecule has 0 saturated carbocycles. The van der Waals surface area contributed by atoms with Crippen LogP contribution in [-0.4, -0.2) is 24.4 Å². The number of anilines is 2. The summed E-state index contributed by atoms with van der Waals surface area (Å²) in [6.45, 7) is 6.11. The van der Waals surface area contributed by atoms with Gasteiger partial charge >= 0.3 is 5.97 Å². The maximum atomic E-state index is 13.0. The molecule has 4 rings (SSSR count). The third-order valence-corrected chi connectivity index (χ3v) is 5.78. The minimum atomic E-state index is -0.628. The number of halogens is 1. The summed E-state index contributed by atoms with van der Waals surface area (Å²) >= 11 is 6.21. The summed E-state index contributed by atoms with van der Waals surface area (Å²) in [4.78, 5) is 39.3. The first-order valence-corrected chi connectivity index (χ1v) is 11.3. The quantitative estimate of drug-likeness (QED) is 0.273. The van der Waals surface area contributed by atoms with E-state index in [1.807, 2.05) is 39.0 Å². The number of carbonyl (C=O) groups is 3. The molecule has 0 fully saturated rings. The molecule has 0 aliphatic carbocycles. The molecule has 0 saturated heterocycles. The third kappa shape index (κ3) is 4.90. The van der Waals surface area contributed by atoms with Crippen molar-refractivity contribution in [3.05, 3.63) is 94.1 Å². The van der Waals surface area contributed by atoms with E-state index in [2.05, 4.69) is 5.32 Å². The largest absolute Gasteiger partial charge is 0.494 e. The number of hydrogen-bond acceptors (Lipinski definition) is 6. The number of imide groups is 1. The first kappa shape index (κ1) is 24.0. The maximum Gasteiger partial charge on any atom is 0.343 e. The van der Waals surface area contributed by atoms with E-state index in [-0.39, 0.29) is 10.7 Å². The number of esters is 1. The predicted octanol–water partition coefficient (Wildman–Crippen LogP) is 5.36. The van der Waals surface area contributed by atoms with Crippen LogP contribution < -0.4 is 19.7 Å². The lowest BCUT2D eigenvalue weighted by atomic mass is 10.1. The van der Waals surface area contributed by atoms with E-state index in [1.54, 1.807) is 48.5 Å². The van der Waals surface area contributed by atoms with E-state index in [1.165, 1.54) is 0 Å². The highest BCUT2D eigenvalue weighted by Gasteiger charge is 2.39. The first-order chi connectivity index (χ1) is 16.8. The summed E-state index contributed by atoms with van der Waals surface area (Å²) in [6, 6.07) is 18.6. The average Bonchev–Trinajstić information content (AvgIpc) is 3.05. The Balaban J connectivity index is 1.47. The molecule has 0 radical (unpaired) electrons. The monoisotopic (exact) mass is 490 g/mol. The lowest BCUT2D eigenvalue weighted by Crippen LogP contribution is -2.32. The normalized spacial score (nSPS) is 13.3. The SMILES string of the molecule is CCOc1ccc(N2C(=O)C(Cl)=C(Nc3ccc(C(=O)Oc4c(C)cccc4C)cc3)C2=O)cc1. The molecular formula is C27H23ClN2O5. The van der Waals surface area contributed by atoms with Gasteiger partial charge in [-0.2, -0.15) is 0 Å². The van der Waals surface area contributed by atoms with Gasteiger partial charge < -0.3 is 14.8 Å². The number of hydrogen-bond donors (Lipinski definition) is 1. The van der Waals surface area contributed by atoms with E-state index < -0.39 is 17.8 Å². The van der Waals surface area contributed by atoms with Crippen molar-refractivity contribution in [1.29, 1.82) is 0 Å². The van der Waals surface area contributed by atoms with E-state index >= 15 is 0 Å². The zero-order valence-electron chi connectivity index (χ0n) is 19.4. The molecule has 2 amide bonds. The zero-order chi connectivity index (χ0) is 25.1. The maximum absolute atomic E-state index is 13.0. The fraction of sp³-hybridized carbons (Fsp3) is 0.148. The van der Waals surface area contributed by atoms with E-state index in [0.717, 1.165) is 16.0 Å². The van der Waals surface area contributed by atoms with Gasteiger partial charge in [0.1, 0.15) is 22.2 Å². The van der Waals surface area contributed by atoms with Gasteiger partial charge in [-0.05, 0) is 80.4 Å². The highest BCUT2D eigenvalue weighted by molar-refractivity contribution is 6.53. The minimum Gasteiger partial charge on any atom is -0.494 e. The van der Waals surface area contributed by atoms with Crippen molar-refractivity contribution < 1.29 is 23.9 Å². The smallest absolute Gasteiger partial charge is 0.343 e. The topological polar surface area (TPSA) is 84.9 Å². The van der Waals surface area contributed by atoms with Crippen LogP contribution >= 0.6 is 11.6 Å². The number of rotatable bonds is 7. The number of ether oxygens (including phenoxy) is 2. The number of benzene rings is 3. The van der Waals surface area contributed by atoms with Crippen LogP contribution in [0.4, 0.5) is 11.4 Å². The van der Waals surface area contributed by atoms with Gasteiger partial charge in [0.05, 0.1) is 17.9 Å². The van der Waals surface area contributed by atoms with Gasteiger partial charge in [-0.3, -0.25) is 9.59 Å². The van der Waals surface area contributed by atoms with Crippen molar-refractivity contribution >= 4 is 40.8 Å². The molecular weight excluding hydrogens is 468 g/mol. The van der Waals surface area contributed by atoms with Crippen molar-refractivity contribution in [2.45, 2.75) is 20.8 Å². The Morgan fingerprint density at radius 1 is 0.914 bits per heavy atom. The zero-order valence-corrected chi connectivity index (χ0v) is 20.2. The Morgan fingerprint density at radius 2 is 1.54 bits per heavy atom. The molecule has 0 bridgehead atoms. The molecule has 0 spiro atoms. The van der Waals surface area contributed by atoms with Crippen molar-refractivity contribution in [3.8, 4) is 11.5 Å². The summed E-state index contributed by atoms with van der Waals surface area (Å²) in [6.07, 6.45) is 0. The molecule has 1 heterocycles. The second-order valence-electron chi connectivity index (χ2n) is 7.87. The number of nitrogens with zero attached hydrogens (tertiary/aromatic N) is 1.